The van der Waals surface area contributed by atoms with E-state index in [-0.39, 0.29) is 32.6 Å². The molecule has 0 aromatic rings. The number of hydrogen-bond donors (Lipinski definition) is 1. The Morgan fingerprint density at radius 3 is 1.70 bits per heavy atom. The van der Waals surface area contributed by atoms with Crippen molar-refractivity contribution in [2.45, 2.75) is 20.3 Å². The van der Waals surface area contributed by atoms with Gasteiger partial charge in [-0.05, 0) is 6.92 Å². The quantitative estimate of drug-likeness (QED) is 0.441. The Morgan fingerprint density at radius 2 is 1.70 bits per heavy atom. The Labute approximate surface area is 74.5 Å². The molecule has 0 saturated heterocycles. The van der Waals surface area contributed by atoms with Crippen LogP contribution >= 0.6 is 0 Å². The number of carbonyl (C=O) groups is 2. The summed E-state index contributed by atoms with van der Waals surface area (Å²) in [7, 11) is 0. The van der Waals surface area contributed by atoms with Crippen LogP contribution in [0.4, 0.5) is 0 Å². The molecule has 0 bridgehead atoms. The van der Waals surface area contributed by atoms with Crippen LogP contribution in [-0.2, 0) is 30.0 Å². The number of carboxylic acids is 1. The summed E-state index contributed by atoms with van der Waals surface area (Å²) < 4.78 is 0. The average molecular weight is 238 g/mol. The molecule has 0 spiro atoms. The number of carbonyl (C=O) groups excluding carboxylic acids is 1. The van der Waals surface area contributed by atoms with E-state index in [1.54, 1.807) is 6.92 Å². The van der Waals surface area contributed by atoms with Gasteiger partial charge in [0.2, 0.25) is 0 Å². The van der Waals surface area contributed by atoms with Crippen molar-refractivity contribution >= 4 is 11.8 Å². The van der Waals surface area contributed by atoms with E-state index in [2.05, 4.69) is 6.92 Å². The minimum absolute atomic E-state index is 0. The second kappa shape index (κ2) is 11.6. The molecular weight excluding hydrogens is 226 g/mol. The molecular formula is C6H11O3Pd-. The molecule has 0 aliphatic carbocycles. The maximum Gasteiger partial charge on any atom is 0.310 e. The van der Waals surface area contributed by atoms with E-state index in [0.29, 0.717) is 0 Å². The molecule has 0 atom stereocenters. The minimum atomic E-state index is -1.06. The Morgan fingerprint density at radius 1 is 1.40 bits per heavy atom. The summed E-state index contributed by atoms with van der Waals surface area (Å²) in [5.41, 5.74) is 0. The van der Waals surface area contributed by atoms with E-state index < -0.39 is 5.97 Å². The first-order valence-corrected chi connectivity index (χ1v) is 2.55. The molecule has 0 saturated carbocycles. The summed E-state index contributed by atoms with van der Waals surface area (Å²) in [5.74, 6) is -1.37. The van der Waals surface area contributed by atoms with E-state index >= 15 is 0 Å². The Bertz CT molecular complexity index is 89.2. The van der Waals surface area contributed by atoms with E-state index in [1.165, 1.54) is 6.92 Å². The molecule has 0 heterocycles. The summed E-state index contributed by atoms with van der Waals surface area (Å²) >= 11 is 0. The smallest absolute Gasteiger partial charge is 0.310 e. The molecule has 0 radical (unpaired) electrons. The predicted octanol–water partition coefficient (Wildman–Crippen LogP) is 0.888. The molecule has 0 aliphatic heterocycles. The van der Waals surface area contributed by atoms with Crippen LogP contribution in [0.2, 0.25) is 0 Å². The van der Waals surface area contributed by atoms with E-state index in [1.807, 2.05) is 0 Å². The third kappa shape index (κ3) is 25.0. The molecule has 0 aliphatic rings. The van der Waals surface area contributed by atoms with Crippen molar-refractivity contribution in [1.29, 1.82) is 0 Å². The van der Waals surface area contributed by atoms with Crippen LogP contribution in [0, 0.1) is 6.92 Å². The first-order valence-electron chi connectivity index (χ1n) is 2.55. The zero-order valence-electron chi connectivity index (χ0n) is 5.99. The van der Waals surface area contributed by atoms with Gasteiger partial charge in [0.1, 0.15) is 12.2 Å². The molecule has 0 fully saturated rings. The molecule has 0 unspecified atom stereocenters. The van der Waals surface area contributed by atoms with Crippen LogP contribution in [0.3, 0.4) is 0 Å². The summed E-state index contributed by atoms with van der Waals surface area (Å²) in [6.07, 6.45) is -0.361. The van der Waals surface area contributed by atoms with Crippen LogP contribution in [-0.4, -0.2) is 16.9 Å². The van der Waals surface area contributed by atoms with Crippen molar-refractivity contribution in [3.63, 3.8) is 0 Å². The molecule has 0 rings (SSSR count). The molecule has 10 heavy (non-hydrogen) atoms. The summed E-state index contributed by atoms with van der Waals surface area (Å²) in [6, 6.07) is 0. The van der Waals surface area contributed by atoms with Crippen molar-refractivity contribution in [3.8, 4) is 0 Å². The standard InChI is InChI=1S/C4H6O3.C2H5.Pd/c1-3(5)2-4(6)7;1-2;/h2H2,1H3,(H,6,7);1H2,2H3;/q;-1;. The van der Waals surface area contributed by atoms with Crippen molar-refractivity contribution in [1.82, 2.24) is 0 Å². The van der Waals surface area contributed by atoms with Gasteiger partial charge in [0, 0.05) is 20.4 Å². The molecule has 4 heteroatoms. The Balaban J connectivity index is -0.000000149. The third-order valence-electron chi connectivity index (χ3n) is 0.400. The van der Waals surface area contributed by atoms with Gasteiger partial charge < -0.3 is 12.0 Å². The van der Waals surface area contributed by atoms with Gasteiger partial charge in [0.25, 0.3) is 0 Å². The van der Waals surface area contributed by atoms with Gasteiger partial charge in [-0.2, -0.15) is 6.92 Å². The van der Waals surface area contributed by atoms with Gasteiger partial charge >= 0.3 is 5.97 Å². The zero-order chi connectivity index (χ0) is 7.86. The van der Waals surface area contributed by atoms with E-state index in [4.69, 9.17) is 5.11 Å². The zero-order valence-corrected chi connectivity index (χ0v) is 7.55. The molecule has 0 aromatic heterocycles. The largest absolute Gasteiger partial charge is 0.481 e. The van der Waals surface area contributed by atoms with Gasteiger partial charge in [0.15, 0.2) is 0 Å². The summed E-state index contributed by atoms with van der Waals surface area (Å²) in [5, 5.41) is 7.86. The van der Waals surface area contributed by atoms with Crippen LogP contribution in [0.1, 0.15) is 20.3 Å². The second-order valence-corrected chi connectivity index (χ2v) is 1.27. The third-order valence-corrected chi connectivity index (χ3v) is 0.400. The van der Waals surface area contributed by atoms with Gasteiger partial charge in [-0.15, -0.1) is 0 Å². The van der Waals surface area contributed by atoms with Gasteiger partial charge in [-0.25, -0.2) is 0 Å². The monoisotopic (exact) mass is 237 g/mol. The topological polar surface area (TPSA) is 54.4 Å². The Hall–Kier alpha value is -0.198. The summed E-state index contributed by atoms with van der Waals surface area (Å²) in [6.45, 7) is 6.24. The van der Waals surface area contributed by atoms with Crippen molar-refractivity contribution in [2.24, 2.45) is 0 Å². The number of ketones is 1. The van der Waals surface area contributed by atoms with Crippen molar-refractivity contribution < 1.29 is 35.1 Å². The van der Waals surface area contributed by atoms with Crippen molar-refractivity contribution in [2.75, 3.05) is 0 Å². The average Bonchev–Trinajstić information content (AvgIpc) is 1.68. The SMILES string of the molecule is CC(=O)CC(=O)O.[CH2-]C.[Pd]. The molecule has 1 N–H and O–H groups in total. The van der Waals surface area contributed by atoms with Crippen LogP contribution in [0.15, 0.2) is 0 Å². The number of Topliss-reactive ketones (excluding diaryl/α,β-unsaturated/α-hetero) is 1. The molecule has 0 aromatic carbocycles. The van der Waals surface area contributed by atoms with E-state index in [9.17, 15) is 9.59 Å². The van der Waals surface area contributed by atoms with Crippen molar-refractivity contribution in [3.05, 3.63) is 6.92 Å². The predicted molar refractivity (Wildman–Crippen MR) is 34.0 cm³/mol. The second-order valence-electron chi connectivity index (χ2n) is 1.27. The molecule has 0 amide bonds. The molecule has 64 valence electrons. The first kappa shape index (κ1) is 16.4. The number of carboxylic acid groups (broad SMARTS) is 1. The number of rotatable bonds is 2. The summed E-state index contributed by atoms with van der Waals surface area (Å²) in [4.78, 5) is 19.5. The van der Waals surface area contributed by atoms with Gasteiger partial charge in [-0.3, -0.25) is 9.59 Å². The van der Waals surface area contributed by atoms with Gasteiger partial charge in [-0.1, -0.05) is 0 Å². The fourth-order valence-electron chi connectivity index (χ4n) is 0.213. The number of hydrogen-bond acceptors (Lipinski definition) is 2. The minimum Gasteiger partial charge on any atom is -0.481 e. The van der Waals surface area contributed by atoms with Gasteiger partial charge in [0.05, 0.1) is 0 Å². The normalized spacial score (nSPS) is 6.30. The number of aliphatic carboxylic acids is 1. The van der Waals surface area contributed by atoms with Crippen LogP contribution in [0.5, 0.6) is 0 Å². The fourth-order valence-corrected chi connectivity index (χ4v) is 0.213. The van der Waals surface area contributed by atoms with E-state index in [0.717, 1.165) is 0 Å². The first-order chi connectivity index (χ1) is 4.13. The Kier molecular flexibility index (Phi) is 19.0. The van der Waals surface area contributed by atoms with Crippen LogP contribution < -0.4 is 0 Å². The van der Waals surface area contributed by atoms with Crippen LogP contribution in [0.25, 0.3) is 0 Å². The maximum absolute atomic E-state index is 9.87. The fraction of sp³-hybridized carbons (Fsp3) is 0.500. The molecule has 3 nitrogen and oxygen atoms in total. The maximum atomic E-state index is 9.87.